The Kier molecular flexibility index (Phi) is 3.50. The van der Waals surface area contributed by atoms with Crippen molar-refractivity contribution in [2.45, 2.75) is 6.61 Å². The molecule has 0 aromatic heterocycles. The number of phenolic OH excluding ortho intramolecular Hbond substituents is 1. The van der Waals surface area contributed by atoms with E-state index in [9.17, 15) is 18.7 Å². The number of ether oxygens (including phenoxy) is 2. The number of hydrogen-bond donors (Lipinski definition) is 1. The number of alkyl halides is 2. The van der Waals surface area contributed by atoms with Crippen molar-refractivity contribution in [2.24, 2.45) is 0 Å². The molecule has 2 aromatic rings. The molecule has 0 fully saturated rings. The maximum Gasteiger partial charge on any atom is 0.387 e. The van der Waals surface area contributed by atoms with Gasteiger partial charge >= 0.3 is 6.61 Å². The molecule has 0 unspecified atom stereocenters. The van der Waals surface area contributed by atoms with Crippen LogP contribution in [0.4, 0.5) is 8.78 Å². The van der Waals surface area contributed by atoms with Crippen LogP contribution in [-0.2, 0) is 0 Å². The first-order valence-electron chi connectivity index (χ1n) is 6.35. The van der Waals surface area contributed by atoms with Gasteiger partial charge in [0.15, 0.2) is 5.76 Å². The van der Waals surface area contributed by atoms with Crippen LogP contribution < -0.4 is 9.47 Å². The number of aromatic hydroxyl groups is 1. The number of halogens is 2. The summed E-state index contributed by atoms with van der Waals surface area (Å²) in [6.45, 7) is -2.96. The number of fused-ring (bicyclic) bond motifs is 1. The van der Waals surface area contributed by atoms with Crippen molar-refractivity contribution < 1.29 is 28.2 Å². The minimum atomic E-state index is -2.96. The predicted octanol–water partition coefficient (Wildman–Crippen LogP) is 3.61. The van der Waals surface area contributed by atoms with Gasteiger partial charge in [-0.3, -0.25) is 4.79 Å². The van der Waals surface area contributed by atoms with Crippen molar-refractivity contribution in [3.8, 4) is 17.2 Å². The molecule has 0 amide bonds. The minimum absolute atomic E-state index is 0.0223. The Bertz CT molecular complexity index is 768. The molecular weight excluding hydrogens is 294 g/mol. The molecular formula is C16H10F2O4. The highest BCUT2D eigenvalue weighted by Gasteiger charge is 2.27. The van der Waals surface area contributed by atoms with Crippen LogP contribution in [0.25, 0.3) is 6.08 Å². The Balaban J connectivity index is 1.96. The molecule has 1 aliphatic rings. The molecule has 0 aliphatic carbocycles. The lowest BCUT2D eigenvalue weighted by Gasteiger charge is -2.07. The van der Waals surface area contributed by atoms with Crippen molar-refractivity contribution in [1.82, 2.24) is 0 Å². The van der Waals surface area contributed by atoms with Gasteiger partial charge in [-0.2, -0.15) is 8.78 Å². The molecule has 4 nitrogen and oxygen atoms in total. The number of ketones is 1. The van der Waals surface area contributed by atoms with Crippen LogP contribution in [0.1, 0.15) is 15.9 Å². The lowest BCUT2D eigenvalue weighted by molar-refractivity contribution is -0.0499. The van der Waals surface area contributed by atoms with Gasteiger partial charge in [-0.1, -0.05) is 18.2 Å². The zero-order valence-electron chi connectivity index (χ0n) is 11.1. The van der Waals surface area contributed by atoms with Crippen LogP contribution in [0.15, 0.2) is 48.2 Å². The second-order valence-electron chi connectivity index (χ2n) is 4.54. The van der Waals surface area contributed by atoms with Gasteiger partial charge in [0.25, 0.3) is 0 Å². The fraction of sp³-hybridized carbons (Fsp3) is 0.0625. The summed E-state index contributed by atoms with van der Waals surface area (Å²) >= 11 is 0. The molecule has 0 radical (unpaired) electrons. The van der Waals surface area contributed by atoms with Crippen LogP contribution in [0.3, 0.4) is 0 Å². The number of rotatable bonds is 3. The van der Waals surface area contributed by atoms with Gasteiger partial charge in [0.1, 0.15) is 17.2 Å². The lowest BCUT2D eigenvalue weighted by atomic mass is 10.1. The number of Topliss-reactive ketones (excluding diaryl/α,β-unsaturated/α-hetero) is 1. The summed E-state index contributed by atoms with van der Waals surface area (Å²) in [5.41, 5.74) is 0.597. The quantitative estimate of drug-likeness (QED) is 0.880. The highest BCUT2D eigenvalue weighted by Crippen LogP contribution is 2.35. The largest absolute Gasteiger partial charge is 0.508 e. The summed E-state index contributed by atoms with van der Waals surface area (Å²) in [5, 5.41) is 9.39. The summed E-state index contributed by atoms with van der Waals surface area (Å²) in [6.07, 6.45) is 1.33. The van der Waals surface area contributed by atoms with Crippen LogP contribution in [-0.4, -0.2) is 17.5 Å². The number of phenols is 1. The Morgan fingerprint density at radius 3 is 2.73 bits per heavy atom. The van der Waals surface area contributed by atoms with E-state index in [1.807, 2.05) is 0 Å². The first-order chi connectivity index (χ1) is 10.5. The van der Waals surface area contributed by atoms with E-state index in [0.717, 1.165) is 0 Å². The number of carbonyl (C=O) groups excluding carboxylic acids is 1. The smallest absolute Gasteiger partial charge is 0.387 e. The topological polar surface area (TPSA) is 55.8 Å². The zero-order valence-corrected chi connectivity index (χ0v) is 11.1. The van der Waals surface area contributed by atoms with Crippen molar-refractivity contribution in [1.29, 1.82) is 0 Å². The third-order valence-corrected chi connectivity index (χ3v) is 3.08. The molecule has 3 rings (SSSR count). The van der Waals surface area contributed by atoms with Crippen molar-refractivity contribution >= 4 is 11.9 Å². The van der Waals surface area contributed by atoms with Gasteiger partial charge in [0.2, 0.25) is 5.78 Å². The number of allylic oxidation sites excluding steroid dienone is 1. The number of carbonyl (C=O) groups is 1. The van der Waals surface area contributed by atoms with E-state index in [-0.39, 0.29) is 28.8 Å². The molecule has 0 saturated carbocycles. The van der Waals surface area contributed by atoms with Crippen molar-refractivity contribution in [3.63, 3.8) is 0 Å². The molecule has 1 aliphatic heterocycles. The molecule has 0 spiro atoms. The summed E-state index contributed by atoms with van der Waals surface area (Å²) in [7, 11) is 0. The maximum absolute atomic E-state index is 12.4. The zero-order chi connectivity index (χ0) is 15.7. The van der Waals surface area contributed by atoms with Crippen LogP contribution in [0, 0.1) is 0 Å². The summed E-state index contributed by atoms with van der Waals surface area (Å²) in [6, 6.07) is 10.2. The van der Waals surface area contributed by atoms with E-state index in [1.54, 1.807) is 12.1 Å². The van der Waals surface area contributed by atoms with Gasteiger partial charge in [0.05, 0.1) is 5.56 Å². The van der Waals surface area contributed by atoms with Crippen LogP contribution >= 0.6 is 0 Å². The standard InChI is InChI=1S/C16H10F2O4/c17-16(18)22-12-4-2-1-3-9(12)7-14-15(20)11-6-5-10(19)8-13(11)21-14/h1-8,16,19H/b14-7+. The Hall–Kier alpha value is -2.89. The summed E-state index contributed by atoms with van der Waals surface area (Å²) in [5.74, 6) is -0.272. The van der Waals surface area contributed by atoms with Crippen LogP contribution in [0.2, 0.25) is 0 Å². The second kappa shape index (κ2) is 5.48. The number of benzene rings is 2. The van der Waals surface area contributed by atoms with Gasteiger partial charge in [-0.05, 0) is 24.3 Å². The highest BCUT2D eigenvalue weighted by atomic mass is 19.3. The van der Waals surface area contributed by atoms with Gasteiger partial charge in [-0.15, -0.1) is 0 Å². The molecule has 112 valence electrons. The monoisotopic (exact) mass is 304 g/mol. The van der Waals surface area contributed by atoms with E-state index >= 15 is 0 Å². The molecule has 2 aromatic carbocycles. The van der Waals surface area contributed by atoms with Crippen LogP contribution in [0.5, 0.6) is 17.2 Å². The third-order valence-electron chi connectivity index (χ3n) is 3.08. The fourth-order valence-corrected chi connectivity index (χ4v) is 2.12. The van der Waals surface area contributed by atoms with Crippen molar-refractivity contribution in [3.05, 3.63) is 59.4 Å². The minimum Gasteiger partial charge on any atom is -0.508 e. The summed E-state index contributed by atoms with van der Waals surface area (Å²) < 4.78 is 34.5. The number of para-hydroxylation sites is 1. The Morgan fingerprint density at radius 1 is 1.18 bits per heavy atom. The van der Waals surface area contributed by atoms with Gasteiger partial charge < -0.3 is 14.6 Å². The highest BCUT2D eigenvalue weighted by molar-refractivity contribution is 6.14. The SMILES string of the molecule is O=C1/C(=C\c2ccccc2OC(F)F)Oc2cc(O)ccc21. The summed E-state index contributed by atoms with van der Waals surface area (Å²) in [4.78, 5) is 12.2. The van der Waals surface area contributed by atoms with E-state index in [4.69, 9.17) is 4.74 Å². The average molecular weight is 304 g/mol. The first-order valence-corrected chi connectivity index (χ1v) is 6.35. The third kappa shape index (κ3) is 2.63. The lowest BCUT2D eigenvalue weighted by Crippen LogP contribution is -2.04. The maximum atomic E-state index is 12.4. The normalized spacial score (nSPS) is 15.0. The van der Waals surface area contributed by atoms with E-state index in [2.05, 4.69) is 4.74 Å². The van der Waals surface area contributed by atoms with E-state index < -0.39 is 6.61 Å². The molecule has 0 atom stereocenters. The van der Waals surface area contributed by atoms with E-state index in [0.29, 0.717) is 11.1 Å². The van der Waals surface area contributed by atoms with E-state index in [1.165, 1.54) is 36.4 Å². The molecule has 0 saturated heterocycles. The molecule has 0 bridgehead atoms. The van der Waals surface area contributed by atoms with Crippen molar-refractivity contribution in [2.75, 3.05) is 0 Å². The Morgan fingerprint density at radius 2 is 1.95 bits per heavy atom. The first kappa shape index (κ1) is 14.1. The molecule has 6 heteroatoms. The molecule has 1 heterocycles. The number of hydrogen-bond acceptors (Lipinski definition) is 4. The predicted molar refractivity (Wildman–Crippen MR) is 74.1 cm³/mol. The van der Waals surface area contributed by atoms with Gasteiger partial charge in [-0.25, -0.2) is 0 Å². The van der Waals surface area contributed by atoms with Gasteiger partial charge in [0, 0.05) is 11.6 Å². The second-order valence-corrected chi connectivity index (χ2v) is 4.54. The molecule has 22 heavy (non-hydrogen) atoms. The molecule has 1 N–H and O–H groups in total. The fourth-order valence-electron chi connectivity index (χ4n) is 2.12. The average Bonchev–Trinajstić information content (AvgIpc) is 2.76. The Labute approximate surface area is 124 Å².